The average molecular weight is 291 g/mol. The van der Waals surface area contributed by atoms with Gasteiger partial charge < -0.3 is 5.11 Å². The number of aryl methyl sites for hydroxylation is 2. The Bertz CT molecular complexity index is 638. The standard InChI is InChI=1S/C15H14FNO2S/c1-9-5-10(2)17-14(6-9)20-8-12-7-11(15(18)19)3-4-13(12)16/h3-7H,8H2,1-2H3,(H,18,19). The number of hydrogen-bond donors (Lipinski definition) is 1. The lowest BCUT2D eigenvalue weighted by atomic mass is 10.1. The molecule has 0 atom stereocenters. The lowest BCUT2D eigenvalue weighted by Gasteiger charge is -2.06. The van der Waals surface area contributed by atoms with Crippen LogP contribution >= 0.6 is 11.8 Å². The first-order valence-electron chi connectivity index (χ1n) is 6.05. The largest absolute Gasteiger partial charge is 0.478 e. The molecule has 0 bridgehead atoms. The normalized spacial score (nSPS) is 10.6. The molecule has 1 aromatic carbocycles. The minimum atomic E-state index is -1.05. The van der Waals surface area contributed by atoms with Crippen molar-refractivity contribution in [3.63, 3.8) is 0 Å². The first kappa shape index (κ1) is 14.5. The van der Waals surface area contributed by atoms with Crippen molar-refractivity contribution in [1.82, 2.24) is 4.98 Å². The highest BCUT2D eigenvalue weighted by Gasteiger charge is 2.09. The Balaban J connectivity index is 2.18. The fraction of sp³-hybridized carbons (Fsp3) is 0.200. The summed E-state index contributed by atoms with van der Waals surface area (Å²) < 4.78 is 13.7. The van der Waals surface area contributed by atoms with Gasteiger partial charge in [-0.05, 0) is 55.3 Å². The zero-order valence-corrected chi connectivity index (χ0v) is 12.0. The van der Waals surface area contributed by atoms with Gasteiger partial charge in [0, 0.05) is 11.4 Å². The number of thioether (sulfide) groups is 1. The molecule has 0 spiro atoms. The molecule has 1 N–H and O–H groups in total. The highest BCUT2D eigenvalue weighted by Crippen LogP contribution is 2.24. The molecule has 1 heterocycles. The summed E-state index contributed by atoms with van der Waals surface area (Å²) in [6.45, 7) is 3.88. The Morgan fingerprint density at radius 1 is 1.30 bits per heavy atom. The number of benzene rings is 1. The van der Waals surface area contributed by atoms with Gasteiger partial charge in [0.15, 0.2) is 0 Å². The van der Waals surface area contributed by atoms with E-state index in [1.165, 1.54) is 30.0 Å². The Kier molecular flexibility index (Phi) is 4.39. The molecule has 0 saturated heterocycles. The molecule has 0 amide bonds. The van der Waals surface area contributed by atoms with Crippen molar-refractivity contribution in [1.29, 1.82) is 0 Å². The van der Waals surface area contributed by atoms with Crippen molar-refractivity contribution < 1.29 is 14.3 Å². The maximum atomic E-state index is 13.7. The number of nitrogens with zero attached hydrogens (tertiary/aromatic N) is 1. The van der Waals surface area contributed by atoms with Crippen LogP contribution in [0.5, 0.6) is 0 Å². The van der Waals surface area contributed by atoms with Gasteiger partial charge >= 0.3 is 5.97 Å². The fourth-order valence-electron chi connectivity index (χ4n) is 1.85. The highest BCUT2D eigenvalue weighted by atomic mass is 32.2. The average Bonchev–Trinajstić information content (AvgIpc) is 2.36. The van der Waals surface area contributed by atoms with E-state index in [0.717, 1.165) is 16.3 Å². The van der Waals surface area contributed by atoms with Crippen LogP contribution in [-0.2, 0) is 5.75 Å². The van der Waals surface area contributed by atoms with E-state index in [0.29, 0.717) is 11.3 Å². The predicted molar refractivity (Wildman–Crippen MR) is 76.6 cm³/mol. The van der Waals surface area contributed by atoms with E-state index in [-0.39, 0.29) is 5.56 Å². The summed E-state index contributed by atoms with van der Waals surface area (Å²) in [5.41, 5.74) is 2.47. The van der Waals surface area contributed by atoms with Crippen LogP contribution in [0.2, 0.25) is 0 Å². The van der Waals surface area contributed by atoms with E-state index in [4.69, 9.17) is 5.11 Å². The SMILES string of the molecule is Cc1cc(C)nc(SCc2cc(C(=O)O)ccc2F)c1. The third-order valence-electron chi connectivity index (χ3n) is 2.74. The molecule has 104 valence electrons. The Labute approximate surface area is 120 Å². The van der Waals surface area contributed by atoms with Crippen molar-refractivity contribution >= 4 is 17.7 Å². The minimum absolute atomic E-state index is 0.0929. The number of rotatable bonds is 4. The number of carboxylic acid groups (broad SMARTS) is 1. The minimum Gasteiger partial charge on any atom is -0.478 e. The van der Waals surface area contributed by atoms with Gasteiger partial charge in [-0.3, -0.25) is 0 Å². The van der Waals surface area contributed by atoms with Crippen LogP contribution in [0.25, 0.3) is 0 Å². The van der Waals surface area contributed by atoms with Gasteiger partial charge in [0.1, 0.15) is 5.82 Å². The zero-order chi connectivity index (χ0) is 14.7. The molecule has 3 nitrogen and oxygen atoms in total. The maximum absolute atomic E-state index is 13.7. The summed E-state index contributed by atoms with van der Waals surface area (Å²) >= 11 is 1.39. The second-order valence-corrected chi connectivity index (χ2v) is 5.52. The third-order valence-corrected chi connectivity index (χ3v) is 3.70. The molecule has 0 unspecified atom stereocenters. The second-order valence-electron chi connectivity index (χ2n) is 4.52. The number of carbonyl (C=O) groups is 1. The van der Waals surface area contributed by atoms with Crippen molar-refractivity contribution in [2.45, 2.75) is 24.6 Å². The predicted octanol–water partition coefficient (Wildman–Crippen LogP) is 3.83. The highest BCUT2D eigenvalue weighted by molar-refractivity contribution is 7.98. The quantitative estimate of drug-likeness (QED) is 0.870. The topological polar surface area (TPSA) is 50.2 Å². The van der Waals surface area contributed by atoms with Gasteiger partial charge in [0.25, 0.3) is 0 Å². The van der Waals surface area contributed by atoms with Crippen LogP contribution in [0.1, 0.15) is 27.2 Å². The molecule has 2 rings (SSSR count). The lowest BCUT2D eigenvalue weighted by Crippen LogP contribution is -1.99. The summed E-state index contributed by atoms with van der Waals surface area (Å²) in [6, 6.07) is 7.72. The smallest absolute Gasteiger partial charge is 0.335 e. The molecule has 20 heavy (non-hydrogen) atoms. The van der Waals surface area contributed by atoms with Crippen molar-refractivity contribution in [2.75, 3.05) is 0 Å². The number of halogens is 1. The lowest BCUT2D eigenvalue weighted by molar-refractivity contribution is 0.0696. The van der Waals surface area contributed by atoms with Crippen LogP contribution in [0, 0.1) is 19.7 Å². The van der Waals surface area contributed by atoms with Gasteiger partial charge in [-0.15, -0.1) is 11.8 Å². The maximum Gasteiger partial charge on any atom is 0.335 e. The molecule has 0 aliphatic rings. The molecule has 1 aromatic heterocycles. The fourth-order valence-corrected chi connectivity index (χ4v) is 2.85. The van der Waals surface area contributed by atoms with Gasteiger partial charge in [0.2, 0.25) is 0 Å². The van der Waals surface area contributed by atoms with Crippen LogP contribution < -0.4 is 0 Å². The molecule has 0 aliphatic heterocycles. The van der Waals surface area contributed by atoms with E-state index in [9.17, 15) is 9.18 Å². The van der Waals surface area contributed by atoms with Gasteiger partial charge in [-0.25, -0.2) is 14.2 Å². The zero-order valence-electron chi connectivity index (χ0n) is 11.2. The Hall–Kier alpha value is -1.88. The third kappa shape index (κ3) is 3.57. The van der Waals surface area contributed by atoms with Crippen LogP contribution in [0.4, 0.5) is 4.39 Å². The van der Waals surface area contributed by atoms with Crippen molar-refractivity contribution in [2.24, 2.45) is 0 Å². The van der Waals surface area contributed by atoms with E-state index in [2.05, 4.69) is 4.98 Å². The molecule has 0 saturated carbocycles. The Morgan fingerprint density at radius 2 is 2.05 bits per heavy atom. The van der Waals surface area contributed by atoms with Crippen LogP contribution in [-0.4, -0.2) is 16.1 Å². The molecule has 0 radical (unpaired) electrons. The van der Waals surface area contributed by atoms with Gasteiger partial charge in [-0.2, -0.15) is 0 Å². The number of carboxylic acids is 1. The first-order valence-corrected chi connectivity index (χ1v) is 7.04. The van der Waals surface area contributed by atoms with E-state index in [1.807, 2.05) is 26.0 Å². The summed E-state index contributed by atoms with van der Waals surface area (Å²) in [6.07, 6.45) is 0. The molecule has 0 aliphatic carbocycles. The first-order chi connectivity index (χ1) is 9.45. The summed E-state index contributed by atoms with van der Waals surface area (Å²) in [5.74, 6) is -1.10. The number of aromatic carboxylic acids is 1. The molecule has 0 fully saturated rings. The monoisotopic (exact) mass is 291 g/mol. The van der Waals surface area contributed by atoms with Crippen molar-refractivity contribution in [3.8, 4) is 0 Å². The van der Waals surface area contributed by atoms with E-state index >= 15 is 0 Å². The second kappa shape index (κ2) is 6.05. The van der Waals surface area contributed by atoms with Crippen molar-refractivity contribution in [3.05, 3.63) is 58.5 Å². The summed E-state index contributed by atoms with van der Waals surface area (Å²) in [5, 5.41) is 9.72. The molecule has 5 heteroatoms. The number of aromatic nitrogens is 1. The van der Waals surface area contributed by atoms with E-state index in [1.54, 1.807) is 0 Å². The molecular weight excluding hydrogens is 277 g/mol. The van der Waals surface area contributed by atoms with Gasteiger partial charge in [-0.1, -0.05) is 0 Å². The Morgan fingerprint density at radius 3 is 2.70 bits per heavy atom. The van der Waals surface area contributed by atoms with Crippen LogP contribution in [0.15, 0.2) is 35.4 Å². The number of pyridine rings is 1. The summed E-state index contributed by atoms with van der Waals surface area (Å²) in [4.78, 5) is 15.2. The molecule has 2 aromatic rings. The molecular formula is C15H14FNO2S. The number of hydrogen-bond acceptors (Lipinski definition) is 3. The van der Waals surface area contributed by atoms with Gasteiger partial charge in [0.05, 0.1) is 10.6 Å². The van der Waals surface area contributed by atoms with Crippen LogP contribution in [0.3, 0.4) is 0 Å². The summed E-state index contributed by atoms with van der Waals surface area (Å²) in [7, 11) is 0. The van der Waals surface area contributed by atoms with E-state index < -0.39 is 11.8 Å².